The van der Waals surface area contributed by atoms with Gasteiger partial charge in [-0.05, 0) is 60.4 Å². The number of hydrogen-bond acceptors (Lipinski definition) is 7. The minimum atomic E-state index is 0.679. The Morgan fingerprint density at radius 3 is 1.41 bits per heavy atom. The van der Waals surface area contributed by atoms with E-state index in [2.05, 4.69) is 0 Å². The van der Waals surface area contributed by atoms with Crippen molar-refractivity contribution in [2.24, 2.45) is 9.98 Å². The topological polar surface area (TPSA) is 74.5 Å². The van der Waals surface area contributed by atoms with Crippen molar-refractivity contribution in [1.29, 1.82) is 0 Å². The number of benzene rings is 2. The smallest absolute Gasteiger partial charge is 0.161 e. The second-order valence-corrected chi connectivity index (χ2v) is 8.10. The summed E-state index contributed by atoms with van der Waals surface area (Å²) in [6.45, 7) is 1.40. The lowest BCUT2D eigenvalue weighted by Gasteiger charge is -2.21. The molecule has 0 radical (unpaired) electrons. The first-order valence-electron chi connectivity index (χ1n) is 11.2. The number of aromatic nitrogens is 1. The molecule has 3 heterocycles. The number of methoxy groups -OCH3 is 4. The highest BCUT2D eigenvalue weighted by Crippen LogP contribution is 2.35. The van der Waals surface area contributed by atoms with Gasteiger partial charge < -0.3 is 18.9 Å². The van der Waals surface area contributed by atoms with Gasteiger partial charge in [-0.1, -0.05) is 6.07 Å². The van der Waals surface area contributed by atoms with Crippen LogP contribution in [-0.2, 0) is 12.8 Å². The molecule has 0 bridgehead atoms. The lowest BCUT2D eigenvalue weighted by molar-refractivity contribution is 0.354. The molecule has 2 aliphatic heterocycles. The van der Waals surface area contributed by atoms with E-state index in [1.165, 1.54) is 11.1 Å². The molecule has 2 aromatic carbocycles. The number of hydrogen-bond donors (Lipinski definition) is 0. The van der Waals surface area contributed by atoms with E-state index >= 15 is 0 Å². The van der Waals surface area contributed by atoms with Gasteiger partial charge in [-0.25, -0.2) is 4.98 Å². The zero-order valence-corrected chi connectivity index (χ0v) is 19.8. The first kappa shape index (κ1) is 21.9. The van der Waals surface area contributed by atoms with Crippen molar-refractivity contribution in [2.75, 3.05) is 41.5 Å². The van der Waals surface area contributed by atoms with Crippen molar-refractivity contribution >= 4 is 11.4 Å². The SMILES string of the molecule is COc1cc2c(cc1OC)C(c1cccc(C3=NCCc4cc(OC)c(OC)cc43)n1)=NCC2. The number of ether oxygens (including phenoxy) is 4. The van der Waals surface area contributed by atoms with Crippen molar-refractivity contribution in [2.45, 2.75) is 12.8 Å². The third-order valence-electron chi connectivity index (χ3n) is 6.27. The molecule has 0 fully saturated rings. The molecule has 0 N–H and O–H groups in total. The van der Waals surface area contributed by atoms with Crippen molar-refractivity contribution < 1.29 is 18.9 Å². The Kier molecular flexibility index (Phi) is 5.92. The van der Waals surface area contributed by atoms with E-state index in [0.717, 1.165) is 58.3 Å². The first-order chi connectivity index (χ1) is 16.7. The van der Waals surface area contributed by atoms with Gasteiger partial charge in [0.05, 0.1) is 51.3 Å². The summed E-state index contributed by atoms with van der Waals surface area (Å²) in [6.07, 6.45) is 1.70. The van der Waals surface area contributed by atoms with Gasteiger partial charge in [-0.2, -0.15) is 0 Å². The molecule has 1 aromatic heterocycles. The van der Waals surface area contributed by atoms with Crippen molar-refractivity contribution in [3.63, 3.8) is 0 Å². The molecule has 0 aliphatic carbocycles. The summed E-state index contributed by atoms with van der Waals surface area (Å²) in [4.78, 5) is 14.7. The molecule has 0 spiro atoms. The molecule has 34 heavy (non-hydrogen) atoms. The Hall–Kier alpha value is -3.87. The largest absolute Gasteiger partial charge is 0.493 e. The number of rotatable bonds is 6. The lowest BCUT2D eigenvalue weighted by Crippen LogP contribution is -2.19. The summed E-state index contributed by atoms with van der Waals surface area (Å²) in [5.74, 6) is 2.81. The maximum Gasteiger partial charge on any atom is 0.161 e. The number of fused-ring (bicyclic) bond motifs is 2. The van der Waals surface area contributed by atoms with E-state index in [1.54, 1.807) is 28.4 Å². The summed E-state index contributed by atoms with van der Waals surface area (Å²) >= 11 is 0. The van der Waals surface area contributed by atoms with Gasteiger partial charge in [0.25, 0.3) is 0 Å². The average molecular weight is 458 g/mol. The van der Waals surface area contributed by atoms with Gasteiger partial charge in [0.1, 0.15) is 0 Å². The van der Waals surface area contributed by atoms with Crippen LogP contribution in [0.3, 0.4) is 0 Å². The Morgan fingerprint density at radius 2 is 1.00 bits per heavy atom. The summed E-state index contributed by atoms with van der Waals surface area (Å²) < 4.78 is 22.1. The van der Waals surface area contributed by atoms with Gasteiger partial charge in [0.2, 0.25) is 0 Å². The van der Waals surface area contributed by atoms with E-state index in [4.69, 9.17) is 33.9 Å². The number of pyridine rings is 1. The Morgan fingerprint density at radius 1 is 0.588 bits per heavy atom. The third kappa shape index (κ3) is 3.77. The van der Waals surface area contributed by atoms with Crippen LogP contribution in [0, 0.1) is 0 Å². The second-order valence-electron chi connectivity index (χ2n) is 8.10. The standard InChI is InChI=1S/C27H27N3O4/c1-31-22-12-16-8-10-28-26(18(16)14-24(22)33-3)20-6-5-7-21(30-20)27-19-15-25(34-4)23(32-2)13-17(19)9-11-29-27/h5-7,12-15H,8-11H2,1-4H3. The van der Waals surface area contributed by atoms with Crippen LogP contribution in [0.4, 0.5) is 0 Å². The average Bonchev–Trinajstić information content (AvgIpc) is 2.90. The minimum Gasteiger partial charge on any atom is -0.493 e. The van der Waals surface area contributed by atoms with Gasteiger partial charge in [0, 0.05) is 24.2 Å². The lowest BCUT2D eigenvalue weighted by atomic mass is 9.93. The van der Waals surface area contributed by atoms with E-state index in [0.29, 0.717) is 24.6 Å². The van der Waals surface area contributed by atoms with Crippen LogP contribution in [0.15, 0.2) is 52.4 Å². The highest BCUT2D eigenvalue weighted by atomic mass is 16.5. The summed E-state index contributed by atoms with van der Waals surface area (Å²) in [6, 6.07) is 14.0. The van der Waals surface area contributed by atoms with E-state index in [-0.39, 0.29) is 0 Å². The van der Waals surface area contributed by atoms with Crippen molar-refractivity contribution in [1.82, 2.24) is 4.98 Å². The van der Waals surface area contributed by atoms with Gasteiger partial charge in [0.15, 0.2) is 23.0 Å². The van der Waals surface area contributed by atoms with Crippen LogP contribution in [0.25, 0.3) is 0 Å². The quantitative estimate of drug-likeness (QED) is 0.561. The normalized spacial score (nSPS) is 14.4. The third-order valence-corrected chi connectivity index (χ3v) is 6.27. The molecular weight excluding hydrogens is 430 g/mol. The van der Waals surface area contributed by atoms with Crippen LogP contribution in [0.2, 0.25) is 0 Å². The van der Waals surface area contributed by atoms with Crippen LogP contribution < -0.4 is 18.9 Å². The molecule has 5 rings (SSSR count). The molecule has 7 nitrogen and oxygen atoms in total. The summed E-state index contributed by atoms with van der Waals surface area (Å²) in [5, 5.41) is 0. The predicted molar refractivity (Wildman–Crippen MR) is 132 cm³/mol. The highest BCUT2D eigenvalue weighted by molar-refractivity contribution is 6.16. The zero-order chi connectivity index (χ0) is 23.7. The van der Waals surface area contributed by atoms with Gasteiger partial charge in [-0.15, -0.1) is 0 Å². The van der Waals surface area contributed by atoms with Gasteiger partial charge >= 0.3 is 0 Å². The molecule has 0 saturated carbocycles. The Bertz CT molecular complexity index is 1220. The predicted octanol–water partition coefficient (Wildman–Crippen LogP) is 3.90. The maximum absolute atomic E-state index is 5.54. The van der Waals surface area contributed by atoms with Gasteiger partial charge in [-0.3, -0.25) is 9.98 Å². The van der Waals surface area contributed by atoms with Crippen molar-refractivity contribution in [3.05, 3.63) is 76.1 Å². The molecule has 0 saturated heterocycles. The van der Waals surface area contributed by atoms with Crippen LogP contribution in [-0.4, -0.2) is 57.9 Å². The first-order valence-corrected chi connectivity index (χ1v) is 11.2. The molecule has 7 heteroatoms. The Labute approximate surface area is 199 Å². The zero-order valence-electron chi connectivity index (χ0n) is 19.8. The fourth-order valence-electron chi connectivity index (χ4n) is 4.58. The molecule has 3 aromatic rings. The molecule has 0 amide bonds. The fourth-order valence-corrected chi connectivity index (χ4v) is 4.58. The second kappa shape index (κ2) is 9.17. The van der Waals surface area contributed by atoms with E-state index in [9.17, 15) is 0 Å². The van der Waals surface area contributed by atoms with Crippen LogP contribution >= 0.6 is 0 Å². The minimum absolute atomic E-state index is 0.679. The number of nitrogens with zero attached hydrogens (tertiary/aromatic N) is 3. The van der Waals surface area contributed by atoms with E-state index in [1.807, 2.05) is 42.5 Å². The number of aliphatic imine (C=N–C) groups is 2. The highest BCUT2D eigenvalue weighted by Gasteiger charge is 2.24. The van der Waals surface area contributed by atoms with E-state index < -0.39 is 0 Å². The fraction of sp³-hybridized carbons (Fsp3) is 0.296. The molecule has 2 aliphatic rings. The van der Waals surface area contributed by atoms with Crippen LogP contribution in [0.5, 0.6) is 23.0 Å². The molecule has 174 valence electrons. The molecule has 0 unspecified atom stereocenters. The molecular formula is C27H27N3O4. The summed E-state index contributed by atoms with van der Waals surface area (Å²) in [5.41, 5.74) is 7.71. The maximum atomic E-state index is 5.54. The van der Waals surface area contributed by atoms with Crippen molar-refractivity contribution in [3.8, 4) is 23.0 Å². The molecule has 0 atom stereocenters. The van der Waals surface area contributed by atoms with Crippen LogP contribution in [0.1, 0.15) is 33.6 Å². The monoisotopic (exact) mass is 457 g/mol. The Balaban J connectivity index is 1.57. The summed E-state index contributed by atoms with van der Waals surface area (Å²) in [7, 11) is 6.59.